The van der Waals surface area contributed by atoms with Crippen molar-refractivity contribution in [3.63, 3.8) is 0 Å². The Hall–Kier alpha value is -1.71. The number of rotatable bonds is 4. The molecule has 4 nitrogen and oxygen atoms in total. The Morgan fingerprint density at radius 3 is 2.69 bits per heavy atom. The minimum absolute atomic E-state index is 0.379. The van der Waals surface area contributed by atoms with E-state index < -0.39 is 0 Å². The van der Waals surface area contributed by atoms with Crippen LogP contribution in [0, 0.1) is 0 Å². The van der Waals surface area contributed by atoms with Gasteiger partial charge in [0.25, 0.3) is 0 Å². The van der Waals surface area contributed by atoms with Gasteiger partial charge in [-0.3, -0.25) is 0 Å². The summed E-state index contributed by atoms with van der Waals surface area (Å²) in [5.74, 6) is 0. The van der Waals surface area contributed by atoms with E-state index in [1.54, 1.807) is 6.92 Å². The predicted octanol–water partition coefficient (Wildman–Crippen LogP) is 2.00. The van der Waals surface area contributed by atoms with Crippen molar-refractivity contribution in [2.24, 2.45) is 0 Å². The minimum Gasteiger partial charge on any atom is -0.450 e. The van der Waals surface area contributed by atoms with Crippen LogP contribution in [0.4, 0.5) is 10.5 Å². The molecule has 1 N–H and O–H groups in total. The molecule has 0 aliphatic rings. The molecule has 4 heteroatoms. The van der Waals surface area contributed by atoms with E-state index in [1.165, 1.54) is 0 Å². The SMILES string of the molecule is CCOC(=O)NCc1ccccc1N(C)C. The van der Waals surface area contributed by atoms with Crippen molar-refractivity contribution in [3.05, 3.63) is 29.8 Å². The normalized spacial score (nSPS) is 9.69. The number of anilines is 1. The monoisotopic (exact) mass is 222 g/mol. The van der Waals surface area contributed by atoms with Gasteiger partial charge in [0.1, 0.15) is 0 Å². The summed E-state index contributed by atoms with van der Waals surface area (Å²) < 4.78 is 4.80. The second-order valence-electron chi connectivity index (χ2n) is 3.60. The molecule has 1 amide bonds. The van der Waals surface area contributed by atoms with Gasteiger partial charge in [0, 0.05) is 26.3 Å². The second-order valence-corrected chi connectivity index (χ2v) is 3.60. The largest absolute Gasteiger partial charge is 0.450 e. The molecule has 0 bridgehead atoms. The van der Waals surface area contributed by atoms with Crippen LogP contribution in [0.3, 0.4) is 0 Å². The van der Waals surface area contributed by atoms with E-state index in [0.717, 1.165) is 11.3 Å². The first-order chi connectivity index (χ1) is 7.65. The average molecular weight is 222 g/mol. The van der Waals surface area contributed by atoms with Crippen LogP contribution in [0.25, 0.3) is 0 Å². The molecule has 0 saturated heterocycles. The van der Waals surface area contributed by atoms with Crippen LogP contribution < -0.4 is 10.2 Å². The Morgan fingerprint density at radius 1 is 1.38 bits per heavy atom. The first-order valence-electron chi connectivity index (χ1n) is 5.31. The number of para-hydroxylation sites is 1. The summed E-state index contributed by atoms with van der Waals surface area (Å²) in [4.78, 5) is 13.2. The van der Waals surface area contributed by atoms with Crippen molar-refractivity contribution >= 4 is 11.8 Å². The molecule has 0 aliphatic heterocycles. The molecule has 0 saturated carbocycles. The van der Waals surface area contributed by atoms with E-state index in [0.29, 0.717) is 13.2 Å². The molecular formula is C12H18N2O2. The molecule has 88 valence electrons. The average Bonchev–Trinajstić information content (AvgIpc) is 2.27. The zero-order valence-electron chi connectivity index (χ0n) is 9.99. The van der Waals surface area contributed by atoms with Gasteiger partial charge < -0.3 is 15.0 Å². The molecule has 0 aromatic heterocycles. The van der Waals surface area contributed by atoms with Crippen molar-refractivity contribution in [3.8, 4) is 0 Å². The fraction of sp³-hybridized carbons (Fsp3) is 0.417. The van der Waals surface area contributed by atoms with Gasteiger partial charge >= 0.3 is 6.09 Å². The zero-order valence-corrected chi connectivity index (χ0v) is 9.99. The van der Waals surface area contributed by atoms with Crippen molar-refractivity contribution in [1.29, 1.82) is 0 Å². The van der Waals surface area contributed by atoms with E-state index in [-0.39, 0.29) is 6.09 Å². The molecule has 0 radical (unpaired) electrons. The number of nitrogens with zero attached hydrogens (tertiary/aromatic N) is 1. The first kappa shape index (κ1) is 12.4. The number of ether oxygens (including phenoxy) is 1. The van der Waals surface area contributed by atoms with Gasteiger partial charge in [0.2, 0.25) is 0 Å². The molecular weight excluding hydrogens is 204 g/mol. The molecule has 0 aliphatic carbocycles. The fourth-order valence-corrected chi connectivity index (χ4v) is 1.45. The quantitative estimate of drug-likeness (QED) is 0.847. The lowest BCUT2D eigenvalue weighted by Crippen LogP contribution is -2.24. The van der Waals surface area contributed by atoms with Gasteiger partial charge in [-0.25, -0.2) is 4.79 Å². The van der Waals surface area contributed by atoms with E-state index in [4.69, 9.17) is 4.74 Å². The van der Waals surface area contributed by atoms with Gasteiger partial charge in [-0.15, -0.1) is 0 Å². The summed E-state index contributed by atoms with van der Waals surface area (Å²) in [5, 5.41) is 2.71. The van der Waals surface area contributed by atoms with E-state index in [9.17, 15) is 4.79 Å². The first-order valence-corrected chi connectivity index (χ1v) is 5.31. The Morgan fingerprint density at radius 2 is 2.06 bits per heavy atom. The Bertz CT molecular complexity index is 351. The van der Waals surface area contributed by atoms with Crippen LogP contribution in [-0.4, -0.2) is 26.8 Å². The smallest absolute Gasteiger partial charge is 0.407 e. The molecule has 16 heavy (non-hydrogen) atoms. The highest BCUT2D eigenvalue weighted by atomic mass is 16.5. The lowest BCUT2D eigenvalue weighted by atomic mass is 10.1. The van der Waals surface area contributed by atoms with Gasteiger partial charge in [-0.1, -0.05) is 18.2 Å². The fourth-order valence-electron chi connectivity index (χ4n) is 1.45. The summed E-state index contributed by atoms with van der Waals surface area (Å²) in [6.07, 6.45) is -0.379. The molecule has 0 atom stereocenters. The zero-order chi connectivity index (χ0) is 12.0. The molecule has 0 heterocycles. The van der Waals surface area contributed by atoms with E-state index >= 15 is 0 Å². The van der Waals surface area contributed by atoms with Crippen LogP contribution >= 0.6 is 0 Å². The third kappa shape index (κ3) is 3.46. The topological polar surface area (TPSA) is 41.6 Å². The molecule has 1 rings (SSSR count). The number of hydrogen-bond acceptors (Lipinski definition) is 3. The van der Waals surface area contributed by atoms with E-state index in [2.05, 4.69) is 5.32 Å². The van der Waals surface area contributed by atoms with Gasteiger partial charge in [-0.2, -0.15) is 0 Å². The summed E-state index contributed by atoms with van der Waals surface area (Å²) >= 11 is 0. The van der Waals surface area contributed by atoms with Gasteiger partial charge in [0.15, 0.2) is 0 Å². The van der Waals surface area contributed by atoms with Crippen molar-refractivity contribution in [2.45, 2.75) is 13.5 Å². The van der Waals surface area contributed by atoms with E-state index in [1.807, 2.05) is 43.3 Å². The Labute approximate surface area is 96.2 Å². The number of benzene rings is 1. The van der Waals surface area contributed by atoms with Crippen molar-refractivity contribution in [2.75, 3.05) is 25.6 Å². The van der Waals surface area contributed by atoms with Crippen molar-refractivity contribution < 1.29 is 9.53 Å². The number of carbonyl (C=O) groups excluding carboxylic acids is 1. The lowest BCUT2D eigenvalue weighted by molar-refractivity contribution is 0.151. The Kier molecular flexibility index (Phi) is 4.64. The number of hydrogen-bond donors (Lipinski definition) is 1. The third-order valence-corrected chi connectivity index (χ3v) is 2.17. The summed E-state index contributed by atoms with van der Waals surface area (Å²) in [6, 6.07) is 7.93. The molecule has 0 fully saturated rings. The maximum absolute atomic E-state index is 11.2. The Balaban J connectivity index is 2.63. The lowest BCUT2D eigenvalue weighted by Gasteiger charge is -2.17. The molecule has 0 spiro atoms. The highest BCUT2D eigenvalue weighted by molar-refractivity contribution is 5.67. The van der Waals surface area contributed by atoms with Crippen LogP contribution in [0.15, 0.2) is 24.3 Å². The third-order valence-electron chi connectivity index (χ3n) is 2.17. The highest BCUT2D eigenvalue weighted by Gasteiger charge is 2.05. The van der Waals surface area contributed by atoms with Crippen LogP contribution in [0.1, 0.15) is 12.5 Å². The second kappa shape index (κ2) is 6.00. The maximum atomic E-state index is 11.2. The summed E-state index contributed by atoms with van der Waals surface area (Å²) in [7, 11) is 3.95. The van der Waals surface area contributed by atoms with Crippen LogP contribution in [0.2, 0.25) is 0 Å². The van der Waals surface area contributed by atoms with Gasteiger partial charge in [-0.05, 0) is 18.6 Å². The molecule has 0 unspecified atom stereocenters. The van der Waals surface area contributed by atoms with Gasteiger partial charge in [0.05, 0.1) is 6.61 Å². The standard InChI is InChI=1S/C12H18N2O2/c1-4-16-12(15)13-9-10-7-5-6-8-11(10)14(2)3/h5-8H,4,9H2,1-3H3,(H,13,15). The summed E-state index contributed by atoms with van der Waals surface area (Å²) in [5.41, 5.74) is 2.17. The highest BCUT2D eigenvalue weighted by Crippen LogP contribution is 2.17. The number of amides is 1. The molecule has 1 aromatic carbocycles. The minimum atomic E-state index is -0.379. The van der Waals surface area contributed by atoms with Crippen LogP contribution in [-0.2, 0) is 11.3 Å². The van der Waals surface area contributed by atoms with Crippen LogP contribution in [0.5, 0.6) is 0 Å². The van der Waals surface area contributed by atoms with Crippen molar-refractivity contribution in [1.82, 2.24) is 5.32 Å². The molecule has 1 aromatic rings. The summed E-state index contributed by atoms with van der Waals surface area (Å²) in [6.45, 7) is 2.65. The maximum Gasteiger partial charge on any atom is 0.407 e. The number of alkyl carbamates (subject to hydrolysis) is 1. The predicted molar refractivity (Wildman–Crippen MR) is 64.6 cm³/mol. The number of carbonyl (C=O) groups is 1. The number of nitrogens with one attached hydrogen (secondary N) is 1.